The number of nitrogens with zero attached hydrogens (tertiary/aromatic N) is 2. The van der Waals surface area contributed by atoms with Crippen molar-refractivity contribution in [3.05, 3.63) is 111 Å². The normalized spacial score (nSPS) is 21.9. The van der Waals surface area contributed by atoms with Crippen LogP contribution in [-0.2, 0) is 9.59 Å². The molecular formula is C31H21Cl3N2O6. The molecule has 212 valence electrons. The maximum atomic E-state index is 13.7. The van der Waals surface area contributed by atoms with E-state index in [1.807, 2.05) is 12.2 Å². The Morgan fingerprint density at radius 3 is 1.95 bits per heavy atom. The van der Waals surface area contributed by atoms with Gasteiger partial charge in [0.2, 0.25) is 0 Å². The average Bonchev–Trinajstić information content (AvgIpc) is 3.65. The van der Waals surface area contributed by atoms with Gasteiger partial charge in [0.05, 0.1) is 22.4 Å². The molecule has 4 atom stereocenters. The van der Waals surface area contributed by atoms with Gasteiger partial charge in [-0.25, -0.2) is 9.80 Å². The molecule has 0 unspecified atom stereocenters. The first-order valence-corrected chi connectivity index (χ1v) is 14.2. The number of hydrogen-bond donors (Lipinski definition) is 0. The highest BCUT2D eigenvalue weighted by molar-refractivity contribution is 6.36. The van der Waals surface area contributed by atoms with Crippen LogP contribution in [0.15, 0.2) is 78.9 Å². The highest BCUT2D eigenvalue weighted by atomic mass is 35.5. The maximum Gasteiger partial charge on any atom is 0.345 e. The topological polar surface area (TPSA) is 101 Å². The molecule has 1 saturated heterocycles. The first kappa shape index (κ1) is 28.2. The van der Waals surface area contributed by atoms with E-state index in [0.29, 0.717) is 10.0 Å². The van der Waals surface area contributed by atoms with Crippen molar-refractivity contribution in [1.82, 2.24) is 10.0 Å². The van der Waals surface area contributed by atoms with Crippen LogP contribution in [0.25, 0.3) is 0 Å². The number of Topliss-reactive ketones (excluding diaryl/α,β-unsaturated/α-hetero) is 1. The number of fused-ring (bicyclic) bond motifs is 5. The fourth-order valence-electron chi connectivity index (χ4n) is 5.85. The van der Waals surface area contributed by atoms with Crippen LogP contribution in [0.1, 0.15) is 37.5 Å². The SMILES string of the molecule is O=C(CN(C(=O)c1ccc(Cl)cc1)N1C(=O)[C@H]2[C@H](C1=O)[C@H]1C=C[C@H]2C1)c1ccc(OC(=O)c2ccc(Cl)cc2Cl)cc1. The van der Waals surface area contributed by atoms with Gasteiger partial charge in [-0.3, -0.25) is 19.2 Å². The zero-order chi connectivity index (χ0) is 29.7. The van der Waals surface area contributed by atoms with Gasteiger partial charge in [0.15, 0.2) is 5.78 Å². The van der Waals surface area contributed by atoms with Crippen molar-refractivity contribution < 1.29 is 28.7 Å². The van der Waals surface area contributed by atoms with Crippen molar-refractivity contribution in [2.75, 3.05) is 6.54 Å². The lowest BCUT2D eigenvalue weighted by atomic mass is 9.85. The summed E-state index contributed by atoms with van der Waals surface area (Å²) in [5.74, 6) is -3.99. The van der Waals surface area contributed by atoms with Gasteiger partial charge >= 0.3 is 5.97 Å². The second-order valence-corrected chi connectivity index (χ2v) is 11.6. The number of hydrazine groups is 1. The molecule has 1 saturated carbocycles. The van der Waals surface area contributed by atoms with Crippen LogP contribution in [0.3, 0.4) is 0 Å². The predicted octanol–water partition coefficient (Wildman–Crippen LogP) is 5.91. The van der Waals surface area contributed by atoms with Gasteiger partial charge in [-0.05, 0) is 85.0 Å². The quantitative estimate of drug-likeness (QED) is 0.107. The summed E-state index contributed by atoms with van der Waals surface area (Å²) in [5.41, 5.74) is 0.453. The number of ether oxygens (including phenoxy) is 1. The van der Waals surface area contributed by atoms with Gasteiger partial charge in [0.1, 0.15) is 12.3 Å². The van der Waals surface area contributed by atoms with E-state index in [1.165, 1.54) is 66.7 Å². The van der Waals surface area contributed by atoms with Gasteiger partial charge in [-0.2, -0.15) is 5.01 Å². The standard InChI is InChI=1S/C31H21Cl3N2O6/c32-20-7-3-17(4-8-20)28(38)35(36-29(39)26-18-1-2-19(13-18)27(26)30(36)40)15-25(37)16-5-10-22(11-6-16)42-31(41)23-12-9-21(33)14-24(23)34/h1-12,14,18-19,26-27H,13,15H2/t18-,19-,26+,27+/m0/s1. The minimum atomic E-state index is -0.712. The molecule has 0 spiro atoms. The number of hydrogen-bond acceptors (Lipinski definition) is 6. The third-order valence-electron chi connectivity index (χ3n) is 7.85. The van der Waals surface area contributed by atoms with Gasteiger partial charge in [-0.15, -0.1) is 0 Å². The number of imide groups is 1. The molecule has 3 amide bonds. The van der Waals surface area contributed by atoms with E-state index in [0.717, 1.165) is 16.4 Å². The van der Waals surface area contributed by atoms with E-state index >= 15 is 0 Å². The molecule has 0 radical (unpaired) electrons. The molecule has 3 aromatic rings. The van der Waals surface area contributed by atoms with Crippen molar-refractivity contribution in [2.45, 2.75) is 6.42 Å². The molecule has 1 heterocycles. The third kappa shape index (κ3) is 5.00. The monoisotopic (exact) mass is 622 g/mol. The zero-order valence-electron chi connectivity index (χ0n) is 21.7. The van der Waals surface area contributed by atoms with Crippen LogP contribution in [0.5, 0.6) is 5.75 Å². The second-order valence-electron chi connectivity index (χ2n) is 10.3. The molecular weight excluding hydrogens is 603 g/mol. The van der Waals surface area contributed by atoms with E-state index in [1.54, 1.807) is 0 Å². The summed E-state index contributed by atoms with van der Waals surface area (Å²) >= 11 is 17.9. The minimum Gasteiger partial charge on any atom is -0.423 e. The molecule has 2 aliphatic carbocycles. The Morgan fingerprint density at radius 2 is 1.36 bits per heavy atom. The Bertz CT molecular complexity index is 1640. The van der Waals surface area contributed by atoms with E-state index in [2.05, 4.69) is 0 Å². The van der Waals surface area contributed by atoms with E-state index in [4.69, 9.17) is 39.5 Å². The van der Waals surface area contributed by atoms with Crippen LogP contribution >= 0.6 is 34.8 Å². The summed E-state index contributed by atoms with van der Waals surface area (Å²) in [4.78, 5) is 66.7. The molecule has 42 heavy (non-hydrogen) atoms. The molecule has 3 aliphatic rings. The van der Waals surface area contributed by atoms with Crippen molar-refractivity contribution in [3.8, 4) is 5.75 Å². The second kappa shape index (κ2) is 11.0. The molecule has 2 bridgehead atoms. The van der Waals surface area contributed by atoms with Crippen LogP contribution in [0.4, 0.5) is 0 Å². The lowest BCUT2D eigenvalue weighted by molar-refractivity contribution is -0.154. The number of halogens is 3. The number of carbonyl (C=O) groups excluding carboxylic acids is 5. The highest BCUT2D eigenvalue weighted by Crippen LogP contribution is 2.52. The Labute approximate surface area is 255 Å². The molecule has 11 heteroatoms. The molecule has 1 aliphatic heterocycles. The third-order valence-corrected chi connectivity index (χ3v) is 8.65. The Hall–Kier alpha value is -3.98. The first-order chi connectivity index (χ1) is 20.1. The summed E-state index contributed by atoms with van der Waals surface area (Å²) in [5, 5.41) is 2.67. The smallest absolute Gasteiger partial charge is 0.345 e. The molecule has 0 N–H and O–H groups in total. The van der Waals surface area contributed by atoms with Gasteiger partial charge in [0, 0.05) is 21.2 Å². The van der Waals surface area contributed by atoms with Gasteiger partial charge in [-0.1, -0.05) is 47.0 Å². The number of amides is 3. The van der Waals surface area contributed by atoms with Crippen molar-refractivity contribution >= 4 is 64.3 Å². The number of carbonyl (C=O) groups is 5. The van der Waals surface area contributed by atoms with Gasteiger partial charge < -0.3 is 4.74 Å². The fraction of sp³-hybridized carbons (Fsp3) is 0.194. The number of allylic oxidation sites excluding steroid dienone is 2. The number of benzene rings is 3. The average molecular weight is 624 g/mol. The van der Waals surface area contributed by atoms with Crippen LogP contribution in [0.2, 0.25) is 15.1 Å². The highest BCUT2D eigenvalue weighted by Gasteiger charge is 2.61. The van der Waals surface area contributed by atoms with Crippen molar-refractivity contribution in [2.24, 2.45) is 23.7 Å². The van der Waals surface area contributed by atoms with Crippen LogP contribution < -0.4 is 4.74 Å². The van der Waals surface area contributed by atoms with E-state index < -0.39 is 47.9 Å². The fourth-order valence-corrected chi connectivity index (χ4v) is 6.46. The Balaban J connectivity index is 1.23. The molecule has 3 aromatic carbocycles. The summed E-state index contributed by atoms with van der Waals surface area (Å²) in [6, 6.07) is 16.0. The molecule has 6 rings (SSSR count). The first-order valence-electron chi connectivity index (χ1n) is 13.1. The number of ketones is 1. The zero-order valence-corrected chi connectivity index (χ0v) is 24.0. The Kier molecular flexibility index (Phi) is 7.39. The maximum absolute atomic E-state index is 13.7. The molecule has 2 fully saturated rings. The van der Waals surface area contributed by atoms with Crippen molar-refractivity contribution in [3.63, 3.8) is 0 Å². The van der Waals surface area contributed by atoms with Gasteiger partial charge in [0.25, 0.3) is 17.7 Å². The molecule has 8 nitrogen and oxygen atoms in total. The summed E-state index contributed by atoms with van der Waals surface area (Å²) in [7, 11) is 0. The largest absolute Gasteiger partial charge is 0.423 e. The van der Waals surface area contributed by atoms with E-state index in [-0.39, 0.29) is 39.3 Å². The summed E-state index contributed by atoms with van der Waals surface area (Å²) in [6.07, 6.45) is 4.63. The lowest BCUT2D eigenvalue weighted by Crippen LogP contribution is -2.52. The van der Waals surface area contributed by atoms with Crippen LogP contribution in [-0.4, -0.2) is 46.0 Å². The number of esters is 1. The summed E-state index contributed by atoms with van der Waals surface area (Å²) in [6.45, 7) is -0.569. The van der Waals surface area contributed by atoms with E-state index in [9.17, 15) is 24.0 Å². The Morgan fingerprint density at radius 1 is 0.786 bits per heavy atom. The summed E-state index contributed by atoms with van der Waals surface area (Å²) < 4.78 is 5.36. The number of rotatable bonds is 7. The molecule has 0 aromatic heterocycles. The van der Waals surface area contributed by atoms with Crippen molar-refractivity contribution in [1.29, 1.82) is 0 Å². The minimum absolute atomic E-state index is 0.0670. The van der Waals surface area contributed by atoms with Crippen LogP contribution in [0, 0.1) is 23.7 Å². The lowest BCUT2D eigenvalue weighted by Gasteiger charge is -2.30. The predicted molar refractivity (Wildman–Crippen MR) is 154 cm³/mol.